The SMILES string of the molecule is CC1CCCN(Cc2csc(NC(=O)CCn3cnc4sc5c(c4c3=O)CCCC5)n2)C1. The molecular formula is C23H29N5O2S2. The van der Waals surface area contributed by atoms with E-state index in [1.807, 2.05) is 5.38 Å². The molecule has 3 aromatic heterocycles. The number of aryl methyl sites for hydroxylation is 3. The number of carbonyl (C=O) groups excluding carboxylic acids is 1. The highest BCUT2D eigenvalue weighted by Crippen LogP contribution is 2.33. The van der Waals surface area contributed by atoms with Crippen molar-refractivity contribution in [3.8, 4) is 0 Å². The van der Waals surface area contributed by atoms with Gasteiger partial charge in [-0.25, -0.2) is 9.97 Å². The molecule has 1 amide bonds. The lowest BCUT2D eigenvalue weighted by Crippen LogP contribution is -2.33. The summed E-state index contributed by atoms with van der Waals surface area (Å²) in [5.41, 5.74) is 2.17. The number of amides is 1. The van der Waals surface area contributed by atoms with Gasteiger partial charge in [0.05, 0.1) is 17.4 Å². The molecule has 0 spiro atoms. The van der Waals surface area contributed by atoms with Crippen LogP contribution in [-0.4, -0.2) is 38.4 Å². The van der Waals surface area contributed by atoms with Gasteiger partial charge in [0, 0.05) is 36.3 Å². The van der Waals surface area contributed by atoms with E-state index < -0.39 is 0 Å². The third-order valence-electron chi connectivity index (χ3n) is 6.45. The Labute approximate surface area is 195 Å². The molecule has 1 atom stereocenters. The summed E-state index contributed by atoms with van der Waals surface area (Å²) in [6, 6.07) is 0. The van der Waals surface area contributed by atoms with Gasteiger partial charge in [0.25, 0.3) is 5.56 Å². The van der Waals surface area contributed by atoms with Gasteiger partial charge in [0.2, 0.25) is 5.91 Å². The number of likely N-dealkylation sites (tertiary alicyclic amines) is 1. The molecule has 0 bridgehead atoms. The van der Waals surface area contributed by atoms with Crippen LogP contribution < -0.4 is 10.9 Å². The zero-order chi connectivity index (χ0) is 22.1. The molecule has 32 heavy (non-hydrogen) atoms. The van der Waals surface area contributed by atoms with Crippen LogP contribution >= 0.6 is 22.7 Å². The van der Waals surface area contributed by atoms with E-state index in [4.69, 9.17) is 0 Å². The van der Waals surface area contributed by atoms with Crippen LogP contribution in [0.4, 0.5) is 5.13 Å². The van der Waals surface area contributed by atoms with Crippen molar-refractivity contribution in [1.82, 2.24) is 19.4 Å². The molecule has 2 aliphatic rings. The van der Waals surface area contributed by atoms with E-state index in [1.165, 1.54) is 41.0 Å². The Morgan fingerprint density at radius 2 is 2.16 bits per heavy atom. The molecule has 1 fully saturated rings. The minimum absolute atomic E-state index is 0.0190. The van der Waals surface area contributed by atoms with Gasteiger partial charge in [-0.3, -0.25) is 19.1 Å². The number of carbonyl (C=O) groups is 1. The minimum Gasteiger partial charge on any atom is -0.302 e. The van der Waals surface area contributed by atoms with E-state index in [1.54, 1.807) is 22.2 Å². The monoisotopic (exact) mass is 471 g/mol. The fraction of sp³-hybridized carbons (Fsp3) is 0.565. The number of fused-ring (bicyclic) bond motifs is 3. The second kappa shape index (κ2) is 9.41. The molecule has 0 saturated carbocycles. The largest absolute Gasteiger partial charge is 0.302 e. The molecule has 170 valence electrons. The van der Waals surface area contributed by atoms with Gasteiger partial charge in [-0.1, -0.05) is 6.92 Å². The zero-order valence-electron chi connectivity index (χ0n) is 18.4. The molecule has 7 nitrogen and oxygen atoms in total. The summed E-state index contributed by atoms with van der Waals surface area (Å²) in [4.78, 5) is 39.2. The fourth-order valence-corrected chi connectivity index (χ4v) is 6.78. The summed E-state index contributed by atoms with van der Waals surface area (Å²) >= 11 is 3.11. The molecular weight excluding hydrogens is 442 g/mol. The number of thiazole rings is 1. The Kier molecular flexibility index (Phi) is 6.39. The Hall–Kier alpha value is -2.10. The number of thiophene rings is 1. The molecule has 0 aromatic carbocycles. The van der Waals surface area contributed by atoms with Crippen LogP contribution in [0.1, 0.15) is 55.2 Å². The van der Waals surface area contributed by atoms with E-state index in [-0.39, 0.29) is 17.9 Å². The predicted molar refractivity (Wildman–Crippen MR) is 130 cm³/mol. The molecule has 1 saturated heterocycles. The number of hydrogen-bond donors (Lipinski definition) is 1. The number of nitrogens with one attached hydrogen (secondary N) is 1. The molecule has 1 aliphatic carbocycles. The van der Waals surface area contributed by atoms with Gasteiger partial charge < -0.3 is 5.32 Å². The van der Waals surface area contributed by atoms with Crippen molar-refractivity contribution < 1.29 is 4.79 Å². The van der Waals surface area contributed by atoms with Gasteiger partial charge in [0.1, 0.15) is 4.83 Å². The first-order valence-electron chi connectivity index (χ1n) is 11.5. The highest BCUT2D eigenvalue weighted by Gasteiger charge is 2.20. The van der Waals surface area contributed by atoms with E-state index >= 15 is 0 Å². The van der Waals surface area contributed by atoms with Gasteiger partial charge >= 0.3 is 0 Å². The molecule has 1 N–H and O–H groups in total. The van der Waals surface area contributed by atoms with Gasteiger partial charge in [0.15, 0.2) is 5.13 Å². The summed E-state index contributed by atoms with van der Waals surface area (Å²) in [7, 11) is 0. The molecule has 4 heterocycles. The van der Waals surface area contributed by atoms with Gasteiger partial charge in [-0.05, 0) is 56.6 Å². The normalized spacial score (nSPS) is 19.2. The highest BCUT2D eigenvalue weighted by molar-refractivity contribution is 7.18. The number of aromatic nitrogens is 3. The smallest absolute Gasteiger partial charge is 0.262 e. The summed E-state index contributed by atoms with van der Waals surface area (Å²) in [6.07, 6.45) is 8.66. The molecule has 5 rings (SSSR count). The first-order chi connectivity index (χ1) is 15.6. The maximum Gasteiger partial charge on any atom is 0.262 e. The summed E-state index contributed by atoms with van der Waals surface area (Å²) in [5, 5.41) is 6.32. The number of anilines is 1. The van der Waals surface area contributed by atoms with Crippen molar-refractivity contribution in [1.29, 1.82) is 0 Å². The molecule has 1 unspecified atom stereocenters. The highest BCUT2D eigenvalue weighted by atomic mass is 32.1. The quantitative estimate of drug-likeness (QED) is 0.587. The summed E-state index contributed by atoms with van der Waals surface area (Å²) in [5.74, 6) is 0.607. The van der Waals surface area contributed by atoms with Crippen LogP contribution in [0, 0.1) is 5.92 Å². The number of nitrogens with zero attached hydrogens (tertiary/aromatic N) is 4. The maximum atomic E-state index is 13.0. The molecule has 9 heteroatoms. The van der Waals surface area contributed by atoms with Gasteiger partial charge in [-0.2, -0.15) is 0 Å². The van der Waals surface area contributed by atoms with Crippen LogP contribution in [0.15, 0.2) is 16.5 Å². The second-order valence-electron chi connectivity index (χ2n) is 9.06. The topological polar surface area (TPSA) is 80.1 Å². The van der Waals surface area contributed by atoms with Gasteiger partial charge in [-0.15, -0.1) is 22.7 Å². The van der Waals surface area contributed by atoms with Crippen molar-refractivity contribution in [3.63, 3.8) is 0 Å². The third kappa shape index (κ3) is 4.65. The van der Waals surface area contributed by atoms with Crippen molar-refractivity contribution in [3.05, 3.63) is 38.2 Å². The molecule has 0 radical (unpaired) electrons. The maximum absolute atomic E-state index is 13.0. The first-order valence-corrected chi connectivity index (χ1v) is 13.2. The fourth-order valence-electron chi connectivity index (χ4n) is 4.84. The van der Waals surface area contributed by atoms with E-state index in [2.05, 4.69) is 27.1 Å². The number of piperidine rings is 1. The average molecular weight is 472 g/mol. The van der Waals surface area contributed by atoms with Crippen LogP contribution in [0.5, 0.6) is 0 Å². The number of rotatable bonds is 6. The van der Waals surface area contributed by atoms with Crippen molar-refractivity contribution >= 4 is 43.9 Å². The van der Waals surface area contributed by atoms with Crippen molar-refractivity contribution in [2.75, 3.05) is 18.4 Å². The Morgan fingerprint density at radius 3 is 3.03 bits per heavy atom. The number of hydrogen-bond acceptors (Lipinski definition) is 7. The third-order valence-corrected chi connectivity index (χ3v) is 8.45. The summed E-state index contributed by atoms with van der Waals surface area (Å²) in [6.45, 7) is 5.68. The van der Waals surface area contributed by atoms with E-state index in [0.29, 0.717) is 11.7 Å². The Morgan fingerprint density at radius 1 is 1.28 bits per heavy atom. The Balaban J connectivity index is 1.19. The van der Waals surface area contributed by atoms with Crippen LogP contribution in [0.3, 0.4) is 0 Å². The first kappa shape index (κ1) is 21.7. The Bertz CT molecular complexity index is 1180. The van der Waals surface area contributed by atoms with Crippen molar-refractivity contribution in [2.24, 2.45) is 5.92 Å². The standard InChI is InChI=1S/C23H29N5O2S2/c1-15-5-4-9-27(11-15)12-16-13-31-23(25-16)26-19(29)8-10-28-14-24-21-20(22(28)30)17-6-2-3-7-18(17)32-21/h13-15H,2-12H2,1H3,(H,25,26,29). The van der Waals surface area contributed by atoms with Crippen LogP contribution in [-0.2, 0) is 30.7 Å². The van der Waals surface area contributed by atoms with Crippen LogP contribution in [0.2, 0.25) is 0 Å². The lowest BCUT2D eigenvalue weighted by molar-refractivity contribution is -0.116. The lowest BCUT2D eigenvalue weighted by Gasteiger charge is -2.30. The van der Waals surface area contributed by atoms with E-state index in [9.17, 15) is 9.59 Å². The molecule has 1 aliphatic heterocycles. The van der Waals surface area contributed by atoms with E-state index in [0.717, 1.165) is 60.7 Å². The second-order valence-corrected chi connectivity index (χ2v) is 11.0. The average Bonchev–Trinajstić information content (AvgIpc) is 3.37. The zero-order valence-corrected chi connectivity index (χ0v) is 20.1. The predicted octanol–water partition coefficient (Wildman–Crippen LogP) is 4.05. The molecule has 3 aromatic rings. The summed E-state index contributed by atoms with van der Waals surface area (Å²) < 4.78 is 1.58. The lowest BCUT2D eigenvalue weighted by atomic mass is 9.97. The minimum atomic E-state index is -0.128. The van der Waals surface area contributed by atoms with Crippen LogP contribution in [0.25, 0.3) is 10.2 Å². The van der Waals surface area contributed by atoms with Crippen molar-refractivity contribution in [2.45, 2.75) is 65.0 Å².